The maximum absolute atomic E-state index is 12.6. The van der Waals surface area contributed by atoms with Gasteiger partial charge in [-0.25, -0.2) is 0 Å². The lowest BCUT2D eigenvalue weighted by molar-refractivity contribution is 0.0874. The van der Waals surface area contributed by atoms with E-state index in [-0.39, 0.29) is 11.5 Å². The zero-order valence-electron chi connectivity index (χ0n) is 14.6. The highest BCUT2D eigenvalue weighted by Gasteiger charge is 2.21. The first-order valence-electron chi connectivity index (χ1n) is 8.59. The van der Waals surface area contributed by atoms with E-state index in [1.54, 1.807) is 6.07 Å². The summed E-state index contributed by atoms with van der Waals surface area (Å²) in [5.41, 5.74) is 2.25. The minimum Gasteiger partial charge on any atom is -0.507 e. The molecule has 1 heterocycles. The second kappa shape index (κ2) is 8.31. The molecular formula is C18H29N3O2. The smallest absolute Gasteiger partial charge is 0.180 e. The molecule has 0 unspecified atom stereocenters. The molecule has 128 valence electrons. The molecule has 5 heteroatoms. The zero-order valence-corrected chi connectivity index (χ0v) is 14.6. The number of carbonyl (C=O) groups is 1. The SMILES string of the molecule is CCCc1c(NCC)ccc(C(=O)CN2CCN(C)CC2)c1O. The van der Waals surface area contributed by atoms with Crippen LogP contribution in [-0.4, -0.2) is 67.0 Å². The van der Waals surface area contributed by atoms with Gasteiger partial charge in [0.15, 0.2) is 5.78 Å². The molecule has 0 aliphatic carbocycles. The van der Waals surface area contributed by atoms with Crippen molar-refractivity contribution in [2.24, 2.45) is 0 Å². The van der Waals surface area contributed by atoms with E-state index in [2.05, 4.69) is 29.1 Å². The second-order valence-corrected chi connectivity index (χ2v) is 6.27. The Bertz CT molecular complexity index is 537. The van der Waals surface area contributed by atoms with E-state index >= 15 is 0 Å². The third-order valence-corrected chi connectivity index (χ3v) is 4.41. The number of carbonyl (C=O) groups excluding carboxylic acids is 1. The van der Waals surface area contributed by atoms with E-state index in [0.717, 1.165) is 56.8 Å². The number of benzene rings is 1. The van der Waals surface area contributed by atoms with Gasteiger partial charge in [0.05, 0.1) is 12.1 Å². The fraction of sp³-hybridized carbons (Fsp3) is 0.611. The quantitative estimate of drug-likeness (QED) is 0.755. The Morgan fingerprint density at radius 3 is 2.52 bits per heavy atom. The molecule has 23 heavy (non-hydrogen) atoms. The maximum Gasteiger partial charge on any atom is 0.180 e. The number of rotatable bonds is 7. The number of nitrogens with zero attached hydrogens (tertiary/aromatic N) is 2. The number of aromatic hydroxyl groups is 1. The van der Waals surface area contributed by atoms with Crippen molar-refractivity contribution < 1.29 is 9.90 Å². The summed E-state index contributed by atoms with van der Waals surface area (Å²) < 4.78 is 0. The van der Waals surface area contributed by atoms with Gasteiger partial charge in [0.25, 0.3) is 0 Å². The van der Waals surface area contributed by atoms with E-state index < -0.39 is 0 Å². The molecule has 0 aromatic heterocycles. The first-order chi connectivity index (χ1) is 11.1. The van der Waals surface area contributed by atoms with Gasteiger partial charge in [0, 0.05) is 44.0 Å². The maximum atomic E-state index is 12.6. The van der Waals surface area contributed by atoms with Gasteiger partial charge in [-0.2, -0.15) is 0 Å². The van der Waals surface area contributed by atoms with E-state index in [1.165, 1.54) is 0 Å². The van der Waals surface area contributed by atoms with Crippen molar-refractivity contribution in [3.63, 3.8) is 0 Å². The predicted octanol–water partition coefficient (Wildman–Crippen LogP) is 2.21. The monoisotopic (exact) mass is 319 g/mol. The highest BCUT2D eigenvalue weighted by molar-refractivity contribution is 6.01. The molecule has 2 rings (SSSR count). The lowest BCUT2D eigenvalue weighted by atomic mass is 9.99. The molecule has 0 radical (unpaired) electrons. The van der Waals surface area contributed by atoms with E-state index in [9.17, 15) is 9.90 Å². The molecular weight excluding hydrogens is 290 g/mol. The molecule has 1 aromatic carbocycles. The summed E-state index contributed by atoms with van der Waals surface area (Å²) in [6.07, 6.45) is 1.70. The number of likely N-dealkylation sites (N-methyl/N-ethyl adjacent to an activating group) is 1. The molecule has 0 amide bonds. The van der Waals surface area contributed by atoms with Crippen LogP contribution in [-0.2, 0) is 6.42 Å². The molecule has 1 aromatic rings. The van der Waals surface area contributed by atoms with E-state index in [4.69, 9.17) is 0 Å². The van der Waals surface area contributed by atoms with Gasteiger partial charge in [0.1, 0.15) is 5.75 Å². The number of anilines is 1. The van der Waals surface area contributed by atoms with E-state index in [0.29, 0.717) is 12.1 Å². The van der Waals surface area contributed by atoms with Gasteiger partial charge in [-0.3, -0.25) is 9.69 Å². The van der Waals surface area contributed by atoms with Crippen LogP contribution in [0, 0.1) is 0 Å². The molecule has 0 saturated carbocycles. The fourth-order valence-corrected chi connectivity index (χ4v) is 3.01. The van der Waals surface area contributed by atoms with Crippen molar-refractivity contribution >= 4 is 11.5 Å². The molecule has 1 aliphatic heterocycles. The van der Waals surface area contributed by atoms with Crippen LogP contribution in [0.2, 0.25) is 0 Å². The van der Waals surface area contributed by atoms with Crippen molar-refractivity contribution in [3.8, 4) is 5.75 Å². The fourth-order valence-electron chi connectivity index (χ4n) is 3.01. The van der Waals surface area contributed by atoms with Crippen molar-refractivity contribution in [1.82, 2.24) is 9.80 Å². The van der Waals surface area contributed by atoms with Crippen molar-refractivity contribution in [2.45, 2.75) is 26.7 Å². The predicted molar refractivity (Wildman–Crippen MR) is 94.5 cm³/mol. The molecule has 1 aliphatic rings. The molecule has 2 N–H and O–H groups in total. The molecule has 0 bridgehead atoms. The van der Waals surface area contributed by atoms with Crippen LogP contribution in [0.3, 0.4) is 0 Å². The highest BCUT2D eigenvalue weighted by atomic mass is 16.3. The first kappa shape index (κ1) is 17.8. The Labute approximate surface area is 139 Å². The first-order valence-corrected chi connectivity index (χ1v) is 8.59. The standard InChI is InChI=1S/C18H29N3O2/c1-4-6-14-16(19-5-2)8-7-15(18(14)23)17(22)13-21-11-9-20(3)10-12-21/h7-8,19,23H,4-6,9-13H2,1-3H3. The summed E-state index contributed by atoms with van der Waals surface area (Å²) in [5.74, 6) is 0.164. The van der Waals surface area contributed by atoms with Crippen LogP contribution in [0.5, 0.6) is 5.75 Å². The lowest BCUT2D eigenvalue weighted by Crippen LogP contribution is -2.46. The molecule has 1 saturated heterocycles. The Morgan fingerprint density at radius 2 is 1.91 bits per heavy atom. The highest BCUT2D eigenvalue weighted by Crippen LogP contribution is 2.31. The topological polar surface area (TPSA) is 55.8 Å². The summed E-state index contributed by atoms with van der Waals surface area (Å²) in [4.78, 5) is 17.0. The van der Waals surface area contributed by atoms with Crippen LogP contribution >= 0.6 is 0 Å². The summed E-state index contributed by atoms with van der Waals surface area (Å²) >= 11 is 0. The zero-order chi connectivity index (χ0) is 16.8. The average molecular weight is 319 g/mol. The van der Waals surface area contributed by atoms with Crippen LogP contribution in [0.25, 0.3) is 0 Å². The third kappa shape index (κ3) is 4.45. The third-order valence-electron chi connectivity index (χ3n) is 4.41. The van der Waals surface area contributed by atoms with E-state index in [1.807, 2.05) is 13.0 Å². The Hall–Kier alpha value is -1.59. The van der Waals surface area contributed by atoms with Crippen LogP contribution in [0.4, 0.5) is 5.69 Å². The minimum atomic E-state index is 0.00690. The second-order valence-electron chi connectivity index (χ2n) is 6.27. The number of Topliss-reactive ketones (excluding diaryl/α,β-unsaturated/α-hetero) is 1. The summed E-state index contributed by atoms with van der Waals surface area (Å²) in [5, 5.41) is 13.8. The molecule has 5 nitrogen and oxygen atoms in total. The number of phenols is 1. The molecule has 1 fully saturated rings. The van der Waals surface area contributed by atoms with Gasteiger partial charge in [0.2, 0.25) is 0 Å². The van der Waals surface area contributed by atoms with Gasteiger partial charge in [-0.15, -0.1) is 0 Å². The lowest BCUT2D eigenvalue weighted by Gasteiger charge is -2.31. The van der Waals surface area contributed by atoms with Gasteiger partial charge < -0.3 is 15.3 Å². The Morgan fingerprint density at radius 1 is 1.22 bits per heavy atom. The van der Waals surface area contributed by atoms with Crippen LogP contribution in [0.15, 0.2) is 12.1 Å². The van der Waals surface area contributed by atoms with Gasteiger partial charge in [-0.1, -0.05) is 13.3 Å². The summed E-state index contributed by atoms with van der Waals surface area (Å²) in [7, 11) is 2.10. The van der Waals surface area contributed by atoms with Crippen molar-refractivity contribution in [2.75, 3.05) is 51.6 Å². The molecule has 0 atom stereocenters. The minimum absolute atomic E-state index is 0.00690. The van der Waals surface area contributed by atoms with Gasteiger partial charge >= 0.3 is 0 Å². The normalized spacial score (nSPS) is 16.5. The number of ketones is 1. The Kier molecular flexibility index (Phi) is 6.42. The number of phenolic OH excluding ortho intramolecular Hbond substituents is 1. The summed E-state index contributed by atoms with van der Waals surface area (Å²) in [6, 6.07) is 3.68. The number of hydrogen-bond donors (Lipinski definition) is 2. The van der Waals surface area contributed by atoms with Crippen LogP contribution < -0.4 is 5.32 Å². The Balaban J connectivity index is 2.14. The van der Waals surface area contributed by atoms with Crippen molar-refractivity contribution in [3.05, 3.63) is 23.3 Å². The number of nitrogens with one attached hydrogen (secondary N) is 1. The molecule has 0 spiro atoms. The summed E-state index contributed by atoms with van der Waals surface area (Å²) in [6.45, 7) is 9.06. The number of hydrogen-bond acceptors (Lipinski definition) is 5. The van der Waals surface area contributed by atoms with Gasteiger partial charge in [-0.05, 0) is 32.5 Å². The average Bonchev–Trinajstić information content (AvgIpc) is 2.53. The largest absolute Gasteiger partial charge is 0.507 e. The van der Waals surface area contributed by atoms with Crippen LogP contribution in [0.1, 0.15) is 36.2 Å². The van der Waals surface area contributed by atoms with Crippen molar-refractivity contribution in [1.29, 1.82) is 0 Å². The number of piperazine rings is 1.